The molecular formula is C14H18BFN2. The molecule has 0 aliphatic rings. The summed E-state index contributed by atoms with van der Waals surface area (Å²) >= 11 is 0. The van der Waals surface area contributed by atoms with E-state index in [1.54, 1.807) is 0 Å². The highest BCUT2D eigenvalue weighted by Crippen LogP contribution is 2.19. The molecule has 0 spiro atoms. The van der Waals surface area contributed by atoms with Crippen LogP contribution in [0.2, 0.25) is 6.82 Å². The van der Waals surface area contributed by atoms with Gasteiger partial charge in [-0.25, -0.2) is 4.98 Å². The van der Waals surface area contributed by atoms with Gasteiger partial charge in [0.25, 0.3) is 0 Å². The van der Waals surface area contributed by atoms with Gasteiger partial charge in [-0.3, -0.25) is 0 Å². The quantitative estimate of drug-likeness (QED) is 0.754. The van der Waals surface area contributed by atoms with E-state index in [9.17, 15) is 4.32 Å². The lowest BCUT2D eigenvalue weighted by Crippen LogP contribution is -2.25. The molecule has 0 fully saturated rings. The summed E-state index contributed by atoms with van der Waals surface area (Å²) in [6.07, 6.45) is 3.99. The SMILES string of the molecule is C=C(CCC)c1ccn2c(C)c(B(C)F)nc2c1. The van der Waals surface area contributed by atoms with Gasteiger partial charge in [-0.2, -0.15) is 0 Å². The Balaban J connectivity index is 2.49. The summed E-state index contributed by atoms with van der Waals surface area (Å²) < 4.78 is 15.3. The first-order chi connectivity index (χ1) is 8.54. The molecule has 18 heavy (non-hydrogen) atoms. The summed E-state index contributed by atoms with van der Waals surface area (Å²) in [5.74, 6) is 0. The van der Waals surface area contributed by atoms with Crippen molar-refractivity contribution in [2.45, 2.75) is 33.5 Å². The van der Waals surface area contributed by atoms with Crippen molar-refractivity contribution in [2.75, 3.05) is 0 Å². The van der Waals surface area contributed by atoms with E-state index in [-0.39, 0.29) is 0 Å². The van der Waals surface area contributed by atoms with Gasteiger partial charge in [0.2, 0.25) is 0 Å². The molecule has 2 aromatic rings. The normalized spacial score (nSPS) is 10.9. The zero-order valence-electron chi connectivity index (χ0n) is 11.2. The van der Waals surface area contributed by atoms with Gasteiger partial charge in [0.15, 0.2) is 0 Å². The summed E-state index contributed by atoms with van der Waals surface area (Å²) in [4.78, 5) is 4.36. The van der Waals surface area contributed by atoms with Crippen LogP contribution in [-0.4, -0.2) is 16.4 Å². The predicted molar refractivity (Wildman–Crippen MR) is 76.2 cm³/mol. The summed E-state index contributed by atoms with van der Waals surface area (Å²) in [5.41, 5.74) is 4.38. The van der Waals surface area contributed by atoms with Gasteiger partial charge in [-0.05, 0) is 43.4 Å². The molecule has 2 aromatic heterocycles. The molecule has 0 atom stereocenters. The number of allylic oxidation sites excluding steroid dienone is 1. The first-order valence-electron chi connectivity index (χ1n) is 6.35. The second kappa shape index (κ2) is 4.97. The van der Waals surface area contributed by atoms with Crippen molar-refractivity contribution in [3.63, 3.8) is 0 Å². The minimum absolute atomic E-state index is 0.522. The largest absolute Gasteiger partial charge is 0.398 e. The number of hydrogen-bond donors (Lipinski definition) is 0. The summed E-state index contributed by atoms with van der Waals surface area (Å²) in [5, 5.41) is 0. The van der Waals surface area contributed by atoms with Crippen molar-refractivity contribution < 1.29 is 4.32 Å². The van der Waals surface area contributed by atoms with Crippen molar-refractivity contribution in [1.29, 1.82) is 0 Å². The molecule has 2 rings (SSSR count). The van der Waals surface area contributed by atoms with Crippen LogP contribution >= 0.6 is 0 Å². The van der Waals surface area contributed by atoms with Crippen LogP contribution in [0.15, 0.2) is 24.9 Å². The third-order valence-corrected chi connectivity index (χ3v) is 3.24. The van der Waals surface area contributed by atoms with Gasteiger partial charge in [0.05, 0.1) is 5.59 Å². The van der Waals surface area contributed by atoms with Crippen LogP contribution in [-0.2, 0) is 0 Å². The molecule has 2 nitrogen and oxygen atoms in total. The fraction of sp³-hybridized carbons (Fsp3) is 0.357. The third-order valence-electron chi connectivity index (χ3n) is 3.24. The molecule has 0 aromatic carbocycles. The average Bonchev–Trinajstić information content (AvgIpc) is 2.67. The van der Waals surface area contributed by atoms with E-state index in [0.717, 1.165) is 35.3 Å². The third kappa shape index (κ3) is 2.19. The fourth-order valence-corrected chi connectivity index (χ4v) is 2.23. The van der Waals surface area contributed by atoms with Crippen LogP contribution in [0, 0.1) is 6.92 Å². The molecular weight excluding hydrogens is 226 g/mol. The van der Waals surface area contributed by atoms with Crippen molar-refractivity contribution in [3.8, 4) is 0 Å². The lowest BCUT2D eigenvalue weighted by Gasteiger charge is -2.05. The average molecular weight is 244 g/mol. The van der Waals surface area contributed by atoms with E-state index in [1.165, 1.54) is 6.82 Å². The van der Waals surface area contributed by atoms with Crippen LogP contribution in [0.5, 0.6) is 0 Å². The van der Waals surface area contributed by atoms with Crippen LogP contribution in [0.3, 0.4) is 0 Å². The molecule has 94 valence electrons. The number of fused-ring (bicyclic) bond motifs is 1. The number of imidazole rings is 1. The first-order valence-corrected chi connectivity index (χ1v) is 6.35. The minimum Gasteiger partial charge on any atom is -0.328 e. The van der Waals surface area contributed by atoms with Crippen LogP contribution < -0.4 is 5.59 Å². The van der Waals surface area contributed by atoms with Gasteiger partial charge in [0, 0.05) is 11.9 Å². The highest BCUT2D eigenvalue weighted by molar-refractivity contribution is 6.65. The standard InChI is InChI=1S/C14H18BFN2/c1-5-6-10(2)12-7-8-18-11(3)14(15(4)16)17-13(18)9-12/h7-9H,2,5-6H2,1,3-4H3. The number of halogens is 1. The first kappa shape index (κ1) is 12.9. The van der Waals surface area contributed by atoms with Crippen LogP contribution in [0.25, 0.3) is 11.2 Å². The summed E-state index contributed by atoms with van der Waals surface area (Å²) in [6, 6.07) is 4.00. The molecule has 0 aliphatic heterocycles. The van der Waals surface area contributed by atoms with Gasteiger partial charge >= 0.3 is 6.99 Å². The summed E-state index contributed by atoms with van der Waals surface area (Å²) in [7, 11) is 0. The molecule has 4 heteroatoms. The van der Waals surface area contributed by atoms with E-state index < -0.39 is 6.99 Å². The lowest BCUT2D eigenvalue weighted by atomic mass is 9.70. The molecule has 0 amide bonds. The zero-order chi connectivity index (χ0) is 13.3. The lowest BCUT2D eigenvalue weighted by molar-refractivity contribution is 0.852. The Morgan fingerprint density at radius 1 is 1.56 bits per heavy atom. The fourth-order valence-electron chi connectivity index (χ4n) is 2.23. The highest BCUT2D eigenvalue weighted by Gasteiger charge is 2.18. The molecule has 0 unspecified atom stereocenters. The highest BCUT2D eigenvalue weighted by atomic mass is 19.1. The molecule has 0 saturated heterocycles. The van der Waals surface area contributed by atoms with Crippen molar-refractivity contribution >= 4 is 23.8 Å². The van der Waals surface area contributed by atoms with E-state index >= 15 is 0 Å². The maximum Gasteiger partial charge on any atom is 0.398 e. The van der Waals surface area contributed by atoms with E-state index in [4.69, 9.17) is 0 Å². The Kier molecular flexibility index (Phi) is 3.55. The van der Waals surface area contributed by atoms with E-state index in [2.05, 4.69) is 18.5 Å². The van der Waals surface area contributed by atoms with E-state index in [0.29, 0.717) is 5.59 Å². The van der Waals surface area contributed by atoms with Crippen molar-refractivity contribution in [1.82, 2.24) is 9.38 Å². The molecule has 2 heterocycles. The van der Waals surface area contributed by atoms with Gasteiger partial charge in [-0.15, -0.1) is 0 Å². The predicted octanol–water partition coefficient (Wildman–Crippen LogP) is 3.25. The van der Waals surface area contributed by atoms with Crippen LogP contribution in [0.1, 0.15) is 31.0 Å². The van der Waals surface area contributed by atoms with Crippen molar-refractivity contribution in [3.05, 3.63) is 36.2 Å². The second-order valence-electron chi connectivity index (χ2n) is 4.70. The van der Waals surface area contributed by atoms with Gasteiger partial charge in [-0.1, -0.05) is 19.9 Å². The number of pyridine rings is 1. The smallest absolute Gasteiger partial charge is 0.328 e. The Morgan fingerprint density at radius 3 is 2.89 bits per heavy atom. The molecule has 0 saturated carbocycles. The number of hydrogen-bond acceptors (Lipinski definition) is 1. The topological polar surface area (TPSA) is 17.3 Å². The van der Waals surface area contributed by atoms with E-state index in [1.807, 2.05) is 29.7 Å². The van der Waals surface area contributed by atoms with Crippen LogP contribution in [0.4, 0.5) is 4.32 Å². The molecule has 0 aliphatic carbocycles. The Morgan fingerprint density at radius 2 is 2.28 bits per heavy atom. The maximum absolute atomic E-state index is 13.4. The van der Waals surface area contributed by atoms with Gasteiger partial charge < -0.3 is 8.72 Å². The zero-order valence-corrected chi connectivity index (χ0v) is 11.2. The number of rotatable bonds is 4. The number of nitrogens with zero attached hydrogens (tertiary/aromatic N) is 2. The molecule has 0 bridgehead atoms. The molecule has 0 radical (unpaired) electrons. The Bertz CT molecular complexity index is 587. The number of aromatic nitrogens is 2. The monoisotopic (exact) mass is 244 g/mol. The second-order valence-corrected chi connectivity index (χ2v) is 4.70. The number of aryl methyl sites for hydroxylation is 1. The van der Waals surface area contributed by atoms with Crippen molar-refractivity contribution in [2.24, 2.45) is 0 Å². The maximum atomic E-state index is 13.4. The Labute approximate surface area is 108 Å². The minimum atomic E-state index is -1.04. The van der Waals surface area contributed by atoms with Gasteiger partial charge in [0.1, 0.15) is 5.65 Å². The summed E-state index contributed by atoms with van der Waals surface area (Å²) in [6.45, 7) is 8.59. The molecule has 0 N–H and O–H groups in total. The Hall–Kier alpha value is -1.58.